The molecule has 2 aromatic carbocycles. The second-order valence-electron chi connectivity index (χ2n) is 10.6. The molecule has 3 atom stereocenters. The van der Waals surface area contributed by atoms with E-state index in [1.54, 1.807) is 36.3 Å². The van der Waals surface area contributed by atoms with E-state index < -0.39 is 11.7 Å². The van der Waals surface area contributed by atoms with Gasteiger partial charge < -0.3 is 25.0 Å². The van der Waals surface area contributed by atoms with E-state index in [4.69, 9.17) is 14.5 Å². The Kier molecular flexibility index (Phi) is 6.78. The van der Waals surface area contributed by atoms with Crippen molar-refractivity contribution in [1.29, 1.82) is 0 Å². The number of ether oxygens (including phenoxy) is 2. The molecule has 4 heterocycles. The van der Waals surface area contributed by atoms with Crippen LogP contribution >= 0.6 is 0 Å². The highest BCUT2D eigenvalue weighted by atomic mass is 19.1. The van der Waals surface area contributed by atoms with E-state index in [1.807, 2.05) is 6.07 Å². The summed E-state index contributed by atoms with van der Waals surface area (Å²) in [6, 6.07) is 7.52. The van der Waals surface area contributed by atoms with Crippen molar-refractivity contribution in [3.8, 4) is 6.01 Å². The predicted octanol–water partition coefficient (Wildman–Crippen LogP) is 3.51. The maximum atomic E-state index is 14.7. The average molecular weight is 534 g/mol. The Balaban J connectivity index is 1.36. The summed E-state index contributed by atoms with van der Waals surface area (Å²) in [6.07, 6.45) is 4.37. The number of aryl methyl sites for hydroxylation is 1. The molecule has 0 bridgehead atoms. The van der Waals surface area contributed by atoms with Gasteiger partial charge in [0.05, 0.1) is 24.3 Å². The summed E-state index contributed by atoms with van der Waals surface area (Å²) in [5.41, 5.74) is 2.39. The number of carbonyl (C=O) groups excluding carboxylic acids is 1. The molecule has 2 aliphatic rings. The van der Waals surface area contributed by atoms with E-state index in [1.165, 1.54) is 6.07 Å². The monoisotopic (exact) mass is 533 g/mol. The van der Waals surface area contributed by atoms with E-state index in [0.29, 0.717) is 53.4 Å². The molecular formula is C28H32FN7O3. The minimum Gasteiger partial charge on any atom is -0.463 e. The number of hydrogen-bond acceptors (Lipinski definition) is 8. The number of nitrogens with one attached hydrogen (secondary N) is 2. The van der Waals surface area contributed by atoms with Crippen molar-refractivity contribution in [3.05, 3.63) is 48.0 Å². The van der Waals surface area contributed by atoms with Crippen molar-refractivity contribution in [1.82, 2.24) is 25.1 Å². The molecule has 11 heteroatoms. The molecule has 2 aliphatic heterocycles. The molecule has 10 nitrogen and oxygen atoms in total. The van der Waals surface area contributed by atoms with E-state index in [2.05, 4.69) is 39.5 Å². The van der Waals surface area contributed by atoms with E-state index in [0.717, 1.165) is 37.2 Å². The highest BCUT2D eigenvalue weighted by Gasteiger charge is 2.25. The molecule has 2 saturated heterocycles. The van der Waals surface area contributed by atoms with Crippen LogP contribution in [0.25, 0.3) is 21.8 Å². The normalized spacial score (nSPS) is 21.5. The minimum absolute atomic E-state index is 0.213. The number of hydrogen-bond donors (Lipinski definition) is 2. The highest BCUT2D eigenvalue weighted by molar-refractivity contribution is 6.14. The molecule has 39 heavy (non-hydrogen) atoms. The van der Waals surface area contributed by atoms with Crippen molar-refractivity contribution in [2.45, 2.75) is 32.4 Å². The average Bonchev–Trinajstić information content (AvgIpc) is 3.55. The lowest BCUT2D eigenvalue weighted by Gasteiger charge is -2.38. The van der Waals surface area contributed by atoms with Gasteiger partial charge in [-0.05, 0) is 44.5 Å². The van der Waals surface area contributed by atoms with Crippen molar-refractivity contribution in [2.75, 3.05) is 43.1 Å². The van der Waals surface area contributed by atoms with Crippen LogP contribution in [0.15, 0.2) is 36.7 Å². The topological polar surface area (TPSA) is 106 Å². The molecule has 0 aliphatic carbocycles. The Morgan fingerprint density at radius 1 is 1.23 bits per heavy atom. The van der Waals surface area contributed by atoms with Crippen LogP contribution in [0, 0.1) is 11.7 Å². The summed E-state index contributed by atoms with van der Waals surface area (Å²) in [5.74, 6) is -0.607. The van der Waals surface area contributed by atoms with E-state index >= 15 is 0 Å². The molecule has 2 fully saturated rings. The van der Waals surface area contributed by atoms with Gasteiger partial charge in [-0.1, -0.05) is 0 Å². The fourth-order valence-electron chi connectivity index (χ4n) is 5.53. The van der Waals surface area contributed by atoms with Gasteiger partial charge in [-0.25, -0.2) is 9.37 Å². The number of piperazine rings is 1. The predicted molar refractivity (Wildman–Crippen MR) is 147 cm³/mol. The molecular weight excluding hydrogens is 501 g/mol. The third-order valence-electron chi connectivity index (χ3n) is 7.25. The van der Waals surface area contributed by atoms with Gasteiger partial charge in [-0.15, -0.1) is 0 Å². The lowest BCUT2D eigenvalue weighted by Crippen LogP contribution is -2.54. The van der Waals surface area contributed by atoms with Gasteiger partial charge in [0.1, 0.15) is 5.52 Å². The largest absolute Gasteiger partial charge is 0.463 e. The zero-order valence-electron chi connectivity index (χ0n) is 22.3. The number of fused-ring (bicyclic) bond motifs is 2. The van der Waals surface area contributed by atoms with Gasteiger partial charge in [0.25, 0.3) is 5.91 Å². The fraction of sp³-hybridized carbons (Fsp3) is 0.429. The van der Waals surface area contributed by atoms with Crippen LogP contribution in [0.3, 0.4) is 0 Å². The smallest absolute Gasteiger partial charge is 0.316 e. The van der Waals surface area contributed by atoms with Crippen LogP contribution < -0.4 is 20.3 Å². The van der Waals surface area contributed by atoms with Crippen LogP contribution in [0.4, 0.5) is 15.8 Å². The number of nitrogens with zero attached hydrogens (tertiary/aromatic N) is 5. The van der Waals surface area contributed by atoms with Crippen LogP contribution in [0.2, 0.25) is 0 Å². The Hall–Kier alpha value is -3.83. The summed E-state index contributed by atoms with van der Waals surface area (Å²) in [6.45, 7) is 7.77. The van der Waals surface area contributed by atoms with Crippen molar-refractivity contribution >= 4 is 39.1 Å². The van der Waals surface area contributed by atoms with Gasteiger partial charge in [0, 0.05) is 79.3 Å². The quantitative estimate of drug-likeness (QED) is 0.388. The molecule has 2 aromatic heterocycles. The Morgan fingerprint density at radius 2 is 2.05 bits per heavy atom. The standard InChI is InChI=1S/C28H32FN7O3/c1-16-11-36(12-17(2)31-16)24-5-4-21(26-22(24)10-30-28(33-26)39-15-18-6-7-38-14-18)27(37)32-20-8-19-13-35(3)34-25(19)23(29)9-20/h4-5,8-10,13,16-18,31H,6-7,11-12,14-15H2,1-3H3,(H,32,37). The number of anilines is 2. The zero-order valence-corrected chi connectivity index (χ0v) is 22.3. The zero-order chi connectivity index (χ0) is 27.1. The first-order valence-electron chi connectivity index (χ1n) is 13.3. The van der Waals surface area contributed by atoms with Crippen molar-refractivity contribution < 1.29 is 18.7 Å². The lowest BCUT2D eigenvalue weighted by molar-refractivity contribution is 0.102. The summed E-state index contributed by atoms with van der Waals surface area (Å²) in [5, 5.41) is 11.9. The molecule has 1 amide bonds. The van der Waals surface area contributed by atoms with Crippen LogP contribution in [-0.2, 0) is 11.8 Å². The first-order valence-corrected chi connectivity index (χ1v) is 13.3. The molecule has 0 radical (unpaired) electrons. The summed E-state index contributed by atoms with van der Waals surface area (Å²) in [4.78, 5) is 25.0. The van der Waals surface area contributed by atoms with Gasteiger partial charge in [-0.3, -0.25) is 9.48 Å². The second-order valence-corrected chi connectivity index (χ2v) is 10.6. The van der Waals surface area contributed by atoms with Crippen LogP contribution in [0.5, 0.6) is 6.01 Å². The van der Waals surface area contributed by atoms with Gasteiger partial charge in [0.2, 0.25) is 0 Å². The van der Waals surface area contributed by atoms with Crippen LogP contribution in [0.1, 0.15) is 30.6 Å². The number of aromatic nitrogens is 4. The Morgan fingerprint density at radius 3 is 2.82 bits per heavy atom. The molecule has 3 unspecified atom stereocenters. The van der Waals surface area contributed by atoms with Gasteiger partial charge in [0.15, 0.2) is 5.82 Å². The first-order chi connectivity index (χ1) is 18.8. The Bertz CT molecular complexity index is 1520. The van der Waals surface area contributed by atoms with Crippen LogP contribution in [-0.4, -0.2) is 70.6 Å². The molecule has 204 valence electrons. The number of benzene rings is 2. The highest BCUT2D eigenvalue weighted by Crippen LogP contribution is 2.31. The molecule has 0 saturated carbocycles. The number of amides is 1. The number of rotatable bonds is 6. The summed E-state index contributed by atoms with van der Waals surface area (Å²) >= 11 is 0. The number of halogens is 1. The molecule has 2 N–H and O–H groups in total. The Labute approximate surface area is 225 Å². The fourth-order valence-corrected chi connectivity index (χ4v) is 5.53. The molecule has 6 rings (SSSR count). The molecule has 0 spiro atoms. The minimum atomic E-state index is -0.501. The lowest BCUT2D eigenvalue weighted by atomic mass is 10.0. The second kappa shape index (κ2) is 10.4. The van der Waals surface area contributed by atoms with Gasteiger partial charge >= 0.3 is 6.01 Å². The summed E-state index contributed by atoms with van der Waals surface area (Å²) in [7, 11) is 1.73. The third-order valence-corrected chi connectivity index (χ3v) is 7.25. The summed E-state index contributed by atoms with van der Waals surface area (Å²) < 4.78 is 27.6. The van der Waals surface area contributed by atoms with Crippen molar-refractivity contribution in [3.63, 3.8) is 0 Å². The first kappa shape index (κ1) is 25.4. The SMILES string of the molecule is CC1CN(c2ccc(C(=O)Nc3cc(F)c4nn(C)cc4c3)c3nc(OCC4CCOC4)ncc23)CC(C)N1. The maximum Gasteiger partial charge on any atom is 0.316 e. The van der Waals surface area contributed by atoms with E-state index in [-0.39, 0.29) is 11.5 Å². The maximum absolute atomic E-state index is 14.7. The third kappa shape index (κ3) is 5.24. The molecule has 4 aromatic rings. The van der Waals surface area contributed by atoms with Gasteiger partial charge in [-0.2, -0.15) is 10.1 Å². The van der Waals surface area contributed by atoms with E-state index in [9.17, 15) is 9.18 Å². The number of carbonyl (C=O) groups is 1. The van der Waals surface area contributed by atoms with Crippen molar-refractivity contribution in [2.24, 2.45) is 13.0 Å².